The van der Waals surface area contributed by atoms with E-state index in [1.165, 1.54) is 19.3 Å². The number of aliphatic hydroxyl groups is 1. The largest absolute Gasteiger partial charge is 0.396 e. The molecule has 0 radical (unpaired) electrons. The van der Waals surface area contributed by atoms with Gasteiger partial charge in [0.15, 0.2) is 0 Å². The van der Waals surface area contributed by atoms with Crippen LogP contribution < -0.4 is 0 Å². The first-order valence-electron chi connectivity index (χ1n) is 4.77. The van der Waals surface area contributed by atoms with Crippen LogP contribution in [0, 0.1) is 11.8 Å². The summed E-state index contributed by atoms with van der Waals surface area (Å²) >= 11 is 0. The van der Waals surface area contributed by atoms with Crippen molar-refractivity contribution < 1.29 is 5.11 Å². The van der Waals surface area contributed by atoms with E-state index in [0.29, 0.717) is 12.5 Å². The standard InChI is InChI=1S/C10H22O/c1-9(2)5-4-6-10(3)7-8-11/h9-11H,4-8H2,1-3H3/t10-/m0/s1. The molecule has 68 valence electrons. The van der Waals surface area contributed by atoms with Gasteiger partial charge in [0.1, 0.15) is 0 Å². The summed E-state index contributed by atoms with van der Waals surface area (Å²) in [5, 5.41) is 8.65. The van der Waals surface area contributed by atoms with Gasteiger partial charge in [-0.25, -0.2) is 0 Å². The second-order valence-corrected chi connectivity index (χ2v) is 3.94. The molecule has 1 N–H and O–H groups in total. The predicted molar refractivity (Wildman–Crippen MR) is 49.6 cm³/mol. The van der Waals surface area contributed by atoms with Crippen molar-refractivity contribution in [2.45, 2.75) is 46.5 Å². The van der Waals surface area contributed by atoms with Gasteiger partial charge in [0.2, 0.25) is 0 Å². The smallest absolute Gasteiger partial charge is 0.0433 e. The predicted octanol–water partition coefficient (Wildman–Crippen LogP) is 2.83. The van der Waals surface area contributed by atoms with Crippen LogP contribution in [0.25, 0.3) is 0 Å². The van der Waals surface area contributed by atoms with Crippen LogP contribution in [0.5, 0.6) is 0 Å². The van der Waals surface area contributed by atoms with Crippen LogP contribution in [-0.4, -0.2) is 11.7 Å². The maximum Gasteiger partial charge on any atom is 0.0433 e. The fraction of sp³-hybridized carbons (Fsp3) is 1.00. The first-order valence-corrected chi connectivity index (χ1v) is 4.77. The Kier molecular flexibility index (Phi) is 6.63. The van der Waals surface area contributed by atoms with Gasteiger partial charge in [0.05, 0.1) is 0 Å². The lowest BCUT2D eigenvalue weighted by atomic mass is 9.98. The van der Waals surface area contributed by atoms with E-state index in [-0.39, 0.29) is 0 Å². The molecule has 0 aromatic carbocycles. The van der Waals surface area contributed by atoms with E-state index in [2.05, 4.69) is 20.8 Å². The van der Waals surface area contributed by atoms with Crippen molar-refractivity contribution in [1.82, 2.24) is 0 Å². The molecule has 0 unspecified atom stereocenters. The van der Waals surface area contributed by atoms with E-state index in [1.54, 1.807) is 0 Å². The van der Waals surface area contributed by atoms with Gasteiger partial charge in [0, 0.05) is 6.61 Å². The molecular formula is C10H22O. The third-order valence-corrected chi connectivity index (χ3v) is 2.10. The van der Waals surface area contributed by atoms with Crippen molar-refractivity contribution in [1.29, 1.82) is 0 Å². The topological polar surface area (TPSA) is 20.2 Å². The van der Waals surface area contributed by atoms with Gasteiger partial charge < -0.3 is 5.11 Å². The molecular weight excluding hydrogens is 136 g/mol. The Labute approximate surface area is 70.8 Å². The molecule has 0 bridgehead atoms. The number of hydrogen-bond acceptors (Lipinski definition) is 1. The van der Waals surface area contributed by atoms with Crippen molar-refractivity contribution in [3.05, 3.63) is 0 Å². The van der Waals surface area contributed by atoms with Crippen molar-refractivity contribution in [2.24, 2.45) is 11.8 Å². The average Bonchev–Trinajstić information content (AvgIpc) is 1.87. The second kappa shape index (κ2) is 6.66. The van der Waals surface area contributed by atoms with Crippen molar-refractivity contribution in [2.75, 3.05) is 6.61 Å². The molecule has 0 saturated carbocycles. The summed E-state index contributed by atoms with van der Waals surface area (Å²) in [7, 11) is 0. The fourth-order valence-electron chi connectivity index (χ4n) is 1.24. The highest BCUT2D eigenvalue weighted by molar-refractivity contribution is 4.54. The lowest BCUT2D eigenvalue weighted by Crippen LogP contribution is -1.98. The Morgan fingerprint density at radius 2 is 1.64 bits per heavy atom. The fourth-order valence-corrected chi connectivity index (χ4v) is 1.24. The second-order valence-electron chi connectivity index (χ2n) is 3.94. The minimum Gasteiger partial charge on any atom is -0.396 e. The van der Waals surface area contributed by atoms with Crippen LogP contribution in [0.2, 0.25) is 0 Å². The molecule has 0 amide bonds. The molecule has 0 rings (SSSR count). The molecule has 0 aromatic rings. The van der Waals surface area contributed by atoms with Crippen LogP contribution in [0.15, 0.2) is 0 Å². The Hall–Kier alpha value is -0.0400. The van der Waals surface area contributed by atoms with Crippen LogP contribution in [-0.2, 0) is 0 Å². The van der Waals surface area contributed by atoms with Crippen molar-refractivity contribution in [3.8, 4) is 0 Å². The molecule has 0 heterocycles. The zero-order valence-corrected chi connectivity index (χ0v) is 8.14. The first kappa shape index (κ1) is 11.0. The van der Waals surface area contributed by atoms with Gasteiger partial charge in [-0.3, -0.25) is 0 Å². The van der Waals surface area contributed by atoms with Crippen LogP contribution in [0.3, 0.4) is 0 Å². The van der Waals surface area contributed by atoms with E-state index in [9.17, 15) is 0 Å². The van der Waals surface area contributed by atoms with Crippen molar-refractivity contribution in [3.63, 3.8) is 0 Å². The number of rotatable bonds is 6. The molecule has 1 heteroatoms. The first-order chi connectivity index (χ1) is 5.16. The molecule has 1 atom stereocenters. The quantitative estimate of drug-likeness (QED) is 0.630. The molecule has 0 spiro atoms. The molecule has 0 saturated heterocycles. The van der Waals surface area contributed by atoms with E-state index >= 15 is 0 Å². The zero-order chi connectivity index (χ0) is 8.69. The summed E-state index contributed by atoms with van der Waals surface area (Å²) in [5.41, 5.74) is 0. The molecule has 0 aromatic heterocycles. The molecule has 11 heavy (non-hydrogen) atoms. The van der Waals surface area contributed by atoms with Crippen LogP contribution in [0.4, 0.5) is 0 Å². The van der Waals surface area contributed by atoms with Gasteiger partial charge in [0.25, 0.3) is 0 Å². The Balaban J connectivity index is 3.10. The zero-order valence-electron chi connectivity index (χ0n) is 8.14. The molecule has 0 aliphatic rings. The third-order valence-electron chi connectivity index (χ3n) is 2.10. The highest BCUT2D eigenvalue weighted by Crippen LogP contribution is 2.14. The summed E-state index contributed by atoms with van der Waals surface area (Å²) in [6, 6.07) is 0. The lowest BCUT2D eigenvalue weighted by Gasteiger charge is -2.09. The molecule has 0 aliphatic carbocycles. The van der Waals surface area contributed by atoms with Gasteiger partial charge in [-0.05, 0) is 18.3 Å². The third kappa shape index (κ3) is 7.86. The molecule has 1 nitrogen and oxygen atoms in total. The minimum atomic E-state index is 0.350. The Morgan fingerprint density at radius 3 is 2.09 bits per heavy atom. The highest BCUT2D eigenvalue weighted by Gasteiger charge is 2.01. The monoisotopic (exact) mass is 158 g/mol. The van der Waals surface area contributed by atoms with E-state index in [1.807, 2.05) is 0 Å². The summed E-state index contributed by atoms with van der Waals surface area (Å²) in [4.78, 5) is 0. The SMILES string of the molecule is CC(C)CCC[C@H](C)CCO. The van der Waals surface area contributed by atoms with E-state index in [0.717, 1.165) is 12.3 Å². The van der Waals surface area contributed by atoms with Gasteiger partial charge in [-0.1, -0.05) is 40.0 Å². The maximum absolute atomic E-state index is 8.65. The van der Waals surface area contributed by atoms with Crippen molar-refractivity contribution >= 4 is 0 Å². The summed E-state index contributed by atoms with van der Waals surface area (Å²) < 4.78 is 0. The Morgan fingerprint density at radius 1 is 1.00 bits per heavy atom. The van der Waals surface area contributed by atoms with Gasteiger partial charge >= 0.3 is 0 Å². The Bertz CT molecular complexity index is 78.9. The maximum atomic E-state index is 8.65. The minimum absolute atomic E-state index is 0.350. The number of aliphatic hydroxyl groups excluding tert-OH is 1. The molecule has 0 fully saturated rings. The average molecular weight is 158 g/mol. The van der Waals surface area contributed by atoms with Gasteiger partial charge in [-0.2, -0.15) is 0 Å². The summed E-state index contributed by atoms with van der Waals surface area (Å²) in [6.07, 6.45) is 4.89. The highest BCUT2D eigenvalue weighted by atomic mass is 16.2. The van der Waals surface area contributed by atoms with E-state index < -0.39 is 0 Å². The normalized spacial score (nSPS) is 13.9. The van der Waals surface area contributed by atoms with Crippen LogP contribution >= 0.6 is 0 Å². The molecule has 0 aliphatic heterocycles. The van der Waals surface area contributed by atoms with Crippen LogP contribution in [0.1, 0.15) is 46.5 Å². The summed E-state index contributed by atoms with van der Waals surface area (Å²) in [6.45, 7) is 7.09. The van der Waals surface area contributed by atoms with Gasteiger partial charge in [-0.15, -0.1) is 0 Å². The lowest BCUT2D eigenvalue weighted by molar-refractivity contribution is 0.255. The number of hydrogen-bond donors (Lipinski definition) is 1. The summed E-state index contributed by atoms with van der Waals surface area (Å²) in [5.74, 6) is 1.54. The van der Waals surface area contributed by atoms with E-state index in [4.69, 9.17) is 5.11 Å².